The van der Waals surface area contributed by atoms with Gasteiger partial charge in [-0.2, -0.15) is 0 Å². The van der Waals surface area contributed by atoms with Crippen LogP contribution in [0.5, 0.6) is 0 Å². The van der Waals surface area contributed by atoms with E-state index >= 15 is 0 Å². The Balaban J connectivity index is 1.94. The van der Waals surface area contributed by atoms with Crippen molar-refractivity contribution in [3.05, 3.63) is 48.0 Å². The summed E-state index contributed by atoms with van der Waals surface area (Å²) in [5, 5.41) is 3.02. The second-order valence-corrected chi connectivity index (χ2v) is 7.26. The van der Waals surface area contributed by atoms with E-state index in [0.29, 0.717) is 0 Å². The molecule has 0 radical (unpaired) electrons. The molecule has 0 unspecified atom stereocenters. The van der Waals surface area contributed by atoms with Crippen LogP contribution in [0.3, 0.4) is 0 Å². The van der Waals surface area contributed by atoms with Gasteiger partial charge in [-0.15, -0.1) is 0 Å². The van der Waals surface area contributed by atoms with Crippen LogP contribution in [0.1, 0.15) is 57.6 Å². The van der Waals surface area contributed by atoms with Crippen LogP contribution < -0.4 is 5.32 Å². The van der Waals surface area contributed by atoms with Gasteiger partial charge in [0.1, 0.15) is 6.61 Å². The highest BCUT2D eigenvalue weighted by Crippen LogP contribution is 2.25. The Morgan fingerprint density at radius 1 is 1.04 bits per heavy atom. The normalized spacial score (nSPS) is 16.0. The van der Waals surface area contributed by atoms with E-state index < -0.39 is 18.0 Å². The van der Waals surface area contributed by atoms with E-state index in [0.717, 1.165) is 43.4 Å². The fourth-order valence-corrected chi connectivity index (χ4v) is 3.18. The summed E-state index contributed by atoms with van der Waals surface area (Å²) in [7, 11) is 0. The molecule has 0 aliphatic heterocycles. The predicted octanol–water partition coefficient (Wildman–Crippen LogP) is 3.48. The Kier molecular flexibility index (Phi) is 8.72. The van der Waals surface area contributed by atoms with E-state index in [1.165, 1.54) is 6.42 Å². The smallest absolute Gasteiger partial charge is 0.331 e. The zero-order valence-electron chi connectivity index (χ0n) is 16.6. The predicted molar refractivity (Wildman–Crippen MR) is 105 cm³/mol. The number of nitrogens with one attached hydrogen (secondary N) is 1. The van der Waals surface area contributed by atoms with Crippen molar-refractivity contribution in [3.63, 3.8) is 0 Å². The van der Waals surface area contributed by atoms with Crippen LogP contribution in [-0.4, -0.2) is 30.6 Å². The summed E-state index contributed by atoms with van der Waals surface area (Å²) in [5.41, 5.74) is 0.864. The molecule has 1 aliphatic rings. The average Bonchev–Trinajstić information content (AvgIpc) is 2.70. The van der Waals surface area contributed by atoms with Gasteiger partial charge in [0.25, 0.3) is 0 Å². The van der Waals surface area contributed by atoms with Crippen molar-refractivity contribution in [3.8, 4) is 0 Å². The topological polar surface area (TPSA) is 81.7 Å². The largest absolute Gasteiger partial charge is 0.460 e. The van der Waals surface area contributed by atoms with Gasteiger partial charge in [-0.25, -0.2) is 9.59 Å². The van der Waals surface area contributed by atoms with Crippen LogP contribution in [0.25, 0.3) is 0 Å². The molecule has 0 spiro atoms. The number of hydrogen-bond acceptors (Lipinski definition) is 5. The quantitative estimate of drug-likeness (QED) is 0.546. The van der Waals surface area contributed by atoms with Gasteiger partial charge in [-0.1, -0.05) is 49.6 Å². The van der Waals surface area contributed by atoms with Crippen LogP contribution in [0.2, 0.25) is 0 Å². The van der Waals surface area contributed by atoms with Gasteiger partial charge >= 0.3 is 11.9 Å². The van der Waals surface area contributed by atoms with Crippen molar-refractivity contribution in [2.45, 2.75) is 58.1 Å². The fraction of sp³-hybridized carbons (Fsp3) is 0.500. The molecule has 6 heteroatoms. The second kappa shape index (κ2) is 11.3. The molecule has 0 bridgehead atoms. The first-order chi connectivity index (χ1) is 13.5. The summed E-state index contributed by atoms with van der Waals surface area (Å²) in [6.45, 7) is 3.44. The van der Waals surface area contributed by atoms with E-state index in [1.54, 1.807) is 13.8 Å². The van der Waals surface area contributed by atoms with Crippen molar-refractivity contribution >= 4 is 17.8 Å². The highest BCUT2D eigenvalue weighted by molar-refractivity contribution is 5.91. The van der Waals surface area contributed by atoms with Crippen molar-refractivity contribution in [1.82, 2.24) is 5.32 Å². The molecule has 1 aromatic carbocycles. The number of hydrogen-bond donors (Lipinski definition) is 1. The third-order valence-electron chi connectivity index (χ3n) is 4.59. The lowest BCUT2D eigenvalue weighted by Gasteiger charge is -2.25. The molecule has 6 nitrogen and oxygen atoms in total. The number of ether oxygens (including phenoxy) is 2. The molecule has 152 valence electrons. The highest BCUT2D eigenvalue weighted by atomic mass is 16.5. The van der Waals surface area contributed by atoms with Crippen LogP contribution in [-0.2, 0) is 23.9 Å². The number of rotatable bonds is 8. The molecule has 0 saturated heterocycles. The summed E-state index contributed by atoms with van der Waals surface area (Å²) in [4.78, 5) is 36.0. The molecular formula is C22H29NO5. The van der Waals surface area contributed by atoms with Crippen molar-refractivity contribution < 1.29 is 23.9 Å². The van der Waals surface area contributed by atoms with Gasteiger partial charge in [-0.3, -0.25) is 4.79 Å². The van der Waals surface area contributed by atoms with Crippen LogP contribution >= 0.6 is 0 Å². The Bertz CT molecular complexity index is 677. The maximum atomic E-state index is 12.6. The molecule has 1 atom stereocenters. The van der Waals surface area contributed by atoms with E-state index in [1.807, 2.05) is 30.3 Å². The Hall–Kier alpha value is -2.63. The van der Waals surface area contributed by atoms with Crippen molar-refractivity contribution in [1.29, 1.82) is 0 Å². The highest BCUT2D eigenvalue weighted by Gasteiger charge is 2.24. The van der Waals surface area contributed by atoms with E-state index in [9.17, 15) is 14.4 Å². The summed E-state index contributed by atoms with van der Waals surface area (Å²) in [5.74, 6) is -1.24. The lowest BCUT2D eigenvalue weighted by atomic mass is 9.88. The Labute approximate surface area is 166 Å². The van der Waals surface area contributed by atoms with Crippen LogP contribution in [0.15, 0.2) is 42.5 Å². The van der Waals surface area contributed by atoms with E-state index in [4.69, 9.17) is 9.47 Å². The van der Waals surface area contributed by atoms with Crippen molar-refractivity contribution in [2.24, 2.45) is 5.92 Å². The summed E-state index contributed by atoms with van der Waals surface area (Å²) < 4.78 is 10.2. The van der Waals surface area contributed by atoms with Crippen LogP contribution in [0.4, 0.5) is 0 Å². The first kappa shape index (κ1) is 21.7. The van der Waals surface area contributed by atoms with Gasteiger partial charge < -0.3 is 14.8 Å². The maximum Gasteiger partial charge on any atom is 0.331 e. The summed E-state index contributed by atoms with van der Waals surface area (Å²) >= 11 is 0. The first-order valence-electron chi connectivity index (χ1n) is 9.86. The minimum Gasteiger partial charge on any atom is -0.460 e. The number of carbonyl (C=O) groups is 3. The Morgan fingerprint density at radius 2 is 1.68 bits per heavy atom. The minimum absolute atomic E-state index is 0.000607. The van der Waals surface area contributed by atoms with Crippen LogP contribution in [0, 0.1) is 5.92 Å². The van der Waals surface area contributed by atoms with Gasteiger partial charge in [0.05, 0.1) is 12.1 Å². The maximum absolute atomic E-state index is 12.6. The van der Waals surface area contributed by atoms with E-state index in [-0.39, 0.29) is 24.5 Å². The number of carbonyl (C=O) groups excluding carboxylic acids is 3. The van der Waals surface area contributed by atoms with Gasteiger partial charge in [0, 0.05) is 18.1 Å². The standard InChI is InChI=1S/C22H29NO5/c1-16(2)28-21(25)14-13-20(24)27-15-19(17-9-5-3-6-10-17)23-22(26)18-11-7-4-8-12-18/h3,5-6,9-10,13-14,16,18-19H,4,7-8,11-12,15H2,1-2H3,(H,23,26)/b14-13+/t19-/m1/s1. The fourth-order valence-electron chi connectivity index (χ4n) is 3.18. The monoisotopic (exact) mass is 387 g/mol. The summed E-state index contributed by atoms with van der Waals surface area (Å²) in [6.07, 6.45) is 6.93. The average molecular weight is 387 g/mol. The molecular weight excluding hydrogens is 358 g/mol. The molecule has 28 heavy (non-hydrogen) atoms. The number of esters is 2. The van der Waals surface area contributed by atoms with Gasteiger partial charge in [0.15, 0.2) is 0 Å². The lowest BCUT2D eigenvalue weighted by Crippen LogP contribution is -2.37. The number of amides is 1. The van der Waals surface area contributed by atoms with Gasteiger partial charge in [0.2, 0.25) is 5.91 Å². The minimum atomic E-state index is -0.659. The lowest BCUT2D eigenvalue weighted by molar-refractivity contribution is -0.143. The first-order valence-corrected chi connectivity index (χ1v) is 9.86. The number of benzene rings is 1. The third-order valence-corrected chi connectivity index (χ3v) is 4.59. The third kappa shape index (κ3) is 7.55. The van der Waals surface area contributed by atoms with Crippen molar-refractivity contribution in [2.75, 3.05) is 6.61 Å². The molecule has 1 aliphatic carbocycles. The molecule has 2 rings (SSSR count). The molecule has 1 N–H and O–H groups in total. The van der Waals surface area contributed by atoms with E-state index in [2.05, 4.69) is 5.32 Å². The molecule has 1 amide bonds. The molecule has 1 aromatic rings. The Morgan fingerprint density at radius 3 is 2.32 bits per heavy atom. The zero-order valence-corrected chi connectivity index (χ0v) is 16.6. The summed E-state index contributed by atoms with van der Waals surface area (Å²) in [6, 6.07) is 8.97. The molecule has 1 fully saturated rings. The molecule has 1 saturated carbocycles. The zero-order chi connectivity index (χ0) is 20.4. The molecule has 0 aromatic heterocycles. The van der Waals surface area contributed by atoms with Gasteiger partial charge in [-0.05, 0) is 32.3 Å². The SMILES string of the molecule is CC(C)OC(=O)/C=C/C(=O)OC[C@@H](NC(=O)C1CCCCC1)c1ccccc1. The molecule has 0 heterocycles. The second-order valence-electron chi connectivity index (χ2n) is 7.26.